The average Bonchev–Trinajstić information content (AvgIpc) is 3.42. The number of aromatic nitrogens is 3. The van der Waals surface area contributed by atoms with Gasteiger partial charge in [0.1, 0.15) is 18.1 Å². The minimum Gasteiger partial charge on any atom is -0.372 e. The number of amides is 2. The second kappa shape index (κ2) is 8.27. The van der Waals surface area contributed by atoms with Crippen LogP contribution in [0.2, 0.25) is 0 Å². The van der Waals surface area contributed by atoms with Crippen molar-refractivity contribution in [1.82, 2.24) is 19.4 Å². The summed E-state index contributed by atoms with van der Waals surface area (Å²) in [5, 5.41) is 4.17. The Bertz CT molecular complexity index is 1240. The molecule has 12 heteroatoms. The molecule has 2 aliphatic rings. The molecule has 5 rings (SSSR count). The maximum Gasteiger partial charge on any atom is 0.417 e. The van der Waals surface area contributed by atoms with E-state index in [1.54, 1.807) is 16.5 Å². The molecule has 3 aromatic heterocycles. The first-order valence-electron chi connectivity index (χ1n) is 10.2. The largest absolute Gasteiger partial charge is 0.417 e. The van der Waals surface area contributed by atoms with Gasteiger partial charge in [0.2, 0.25) is 0 Å². The summed E-state index contributed by atoms with van der Waals surface area (Å²) in [5.41, 5.74) is 0.763. The molecule has 1 N–H and O–H groups in total. The lowest BCUT2D eigenvalue weighted by molar-refractivity contribution is -0.137. The molecule has 2 amide bonds. The highest BCUT2D eigenvalue weighted by molar-refractivity contribution is 7.10. The summed E-state index contributed by atoms with van der Waals surface area (Å²) in [7, 11) is 0. The van der Waals surface area contributed by atoms with Gasteiger partial charge < -0.3 is 19.5 Å². The SMILES string of the molecule is O=C(Nc1cncc(C(F)(F)F)c1)c1csc2c1CCN(C(=O)c1cnc3n1CCOC3)C2. The smallest absolute Gasteiger partial charge is 0.372 e. The molecule has 2 aliphatic heterocycles. The number of alkyl halides is 3. The zero-order valence-electron chi connectivity index (χ0n) is 17.2. The summed E-state index contributed by atoms with van der Waals surface area (Å²) in [6.45, 7) is 2.25. The molecular formula is C21H18F3N5O3S. The normalized spacial score (nSPS) is 15.7. The Labute approximate surface area is 190 Å². The topological polar surface area (TPSA) is 89.4 Å². The molecule has 0 saturated heterocycles. The predicted molar refractivity (Wildman–Crippen MR) is 112 cm³/mol. The van der Waals surface area contributed by atoms with Crippen molar-refractivity contribution in [2.24, 2.45) is 0 Å². The van der Waals surface area contributed by atoms with Gasteiger partial charge in [0.05, 0.1) is 42.4 Å². The van der Waals surface area contributed by atoms with E-state index in [0.29, 0.717) is 56.7 Å². The molecule has 0 aromatic carbocycles. The fraction of sp³-hybridized carbons (Fsp3) is 0.333. The van der Waals surface area contributed by atoms with E-state index in [1.807, 2.05) is 4.57 Å². The van der Waals surface area contributed by atoms with Gasteiger partial charge in [-0.1, -0.05) is 0 Å². The molecule has 0 unspecified atom stereocenters. The maximum absolute atomic E-state index is 13.1. The Balaban J connectivity index is 1.31. The lowest BCUT2D eigenvalue weighted by Crippen LogP contribution is -2.37. The fourth-order valence-corrected chi connectivity index (χ4v) is 5.08. The standard InChI is InChI=1S/C21H18F3N5O3S/c22-21(23,24)12-5-13(7-25-6-12)27-19(30)15-11-33-17-9-28(2-1-14(15)17)20(31)16-8-26-18-10-32-4-3-29(16)18/h5-8,11H,1-4,9-10H2,(H,27,30). The van der Waals surface area contributed by atoms with E-state index in [9.17, 15) is 22.8 Å². The van der Waals surface area contributed by atoms with Crippen LogP contribution in [-0.4, -0.2) is 44.4 Å². The summed E-state index contributed by atoms with van der Waals surface area (Å²) in [5.74, 6) is 0.0930. The van der Waals surface area contributed by atoms with E-state index in [1.165, 1.54) is 17.5 Å². The molecule has 0 aliphatic carbocycles. The molecule has 33 heavy (non-hydrogen) atoms. The Kier molecular flexibility index (Phi) is 5.41. The summed E-state index contributed by atoms with van der Waals surface area (Å²) in [6, 6.07) is 0.849. The van der Waals surface area contributed by atoms with Crippen LogP contribution < -0.4 is 5.32 Å². The van der Waals surface area contributed by atoms with Gasteiger partial charge >= 0.3 is 6.18 Å². The zero-order valence-corrected chi connectivity index (χ0v) is 18.0. The number of pyridine rings is 1. The van der Waals surface area contributed by atoms with Gasteiger partial charge in [-0.2, -0.15) is 13.2 Å². The maximum atomic E-state index is 13.1. The number of carbonyl (C=O) groups excluding carboxylic acids is 2. The molecule has 0 saturated carbocycles. The summed E-state index contributed by atoms with van der Waals surface area (Å²) in [6.07, 6.45) is -0.633. The molecule has 8 nitrogen and oxygen atoms in total. The quantitative estimate of drug-likeness (QED) is 0.625. The minimum atomic E-state index is -4.55. The highest BCUT2D eigenvalue weighted by Crippen LogP contribution is 2.32. The Hall–Kier alpha value is -3.25. The number of rotatable bonds is 3. The Morgan fingerprint density at radius 3 is 2.85 bits per heavy atom. The number of halogens is 3. The lowest BCUT2D eigenvalue weighted by atomic mass is 10.0. The number of ether oxygens (including phenoxy) is 1. The number of fused-ring (bicyclic) bond motifs is 2. The predicted octanol–water partition coefficient (Wildman–Crippen LogP) is 3.34. The van der Waals surface area contributed by atoms with Crippen molar-refractivity contribution >= 4 is 28.8 Å². The highest BCUT2D eigenvalue weighted by atomic mass is 32.1. The number of nitrogens with zero attached hydrogens (tertiary/aromatic N) is 4. The Morgan fingerprint density at radius 2 is 2.03 bits per heavy atom. The summed E-state index contributed by atoms with van der Waals surface area (Å²) < 4.78 is 46.0. The van der Waals surface area contributed by atoms with Gasteiger partial charge in [-0.25, -0.2) is 4.98 Å². The number of imidazole rings is 1. The fourth-order valence-electron chi connectivity index (χ4n) is 3.98. The number of nitrogens with one attached hydrogen (secondary N) is 1. The van der Waals surface area contributed by atoms with Crippen LogP contribution >= 0.6 is 11.3 Å². The molecule has 0 spiro atoms. The molecule has 0 radical (unpaired) electrons. The Morgan fingerprint density at radius 1 is 1.18 bits per heavy atom. The van der Waals surface area contributed by atoms with Gasteiger partial charge in [0.25, 0.3) is 11.8 Å². The van der Waals surface area contributed by atoms with E-state index >= 15 is 0 Å². The van der Waals surface area contributed by atoms with Crippen molar-refractivity contribution in [1.29, 1.82) is 0 Å². The highest BCUT2D eigenvalue weighted by Gasteiger charge is 2.32. The van der Waals surface area contributed by atoms with Crippen LogP contribution in [-0.2, 0) is 37.0 Å². The van der Waals surface area contributed by atoms with Crippen LogP contribution in [0.5, 0.6) is 0 Å². The van der Waals surface area contributed by atoms with Crippen LogP contribution in [0, 0.1) is 0 Å². The van der Waals surface area contributed by atoms with Crippen LogP contribution in [0.15, 0.2) is 30.0 Å². The van der Waals surface area contributed by atoms with Crippen molar-refractivity contribution in [3.05, 3.63) is 63.1 Å². The van der Waals surface area contributed by atoms with Crippen LogP contribution in [0.3, 0.4) is 0 Å². The van der Waals surface area contributed by atoms with Gasteiger partial charge in [-0.15, -0.1) is 11.3 Å². The van der Waals surface area contributed by atoms with Gasteiger partial charge in [-0.05, 0) is 18.1 Å². The summed E-state index contributed by atoms with van der Waals surface area (Å²) >= 11 is 1.35. The molecule has 0 atom stereocenters. The number of carbonyl (C=O) groups is 2. The van der Waals surface area contributed by atoms with Crippen molar-refractivity contribution in [2.75, 3.05) is 18.5 Å². The van der Waals surface area contributed by atoms with E-state index in [4.69, 9.17) is 4.74 Å². The monoisotopic (exact) mass is 477 g/mol. The van der Waals surface area contributed by atoms with E-state index in [0.717, 1.165) is 22.3 Å². The van der Waals surface area contributed by atoms with E-state index < -0.39 is 17.6 Å². The van der Waals surface area contributed by atoms with Crippen molar-refractivity contribution in [3.63, 3.8) is 0 Å². The minimum absolute atomic E-state index is 0.0307. The van der Waals surface area contributed by atoms with Crippen molar-refractivity contribution in [3.8, 4) is 0 Å². The van der Waals surface area contributed by atoms with Gasteiger partial charge in [-0.3, -0.25) is 14.6 Å². The zero-order chi connectivity index (χ0) is 23.2. The van der Waals surface area contributed by atoms with Gasteiger partial charge in [0, 0.05) is 29.5 Å². The third-order valence-corrected chi connectivity index (χ3v) is 6.66. The van der Waals surface area contributed by atoms with E-state index in [-0.39, 0.29) is 11.6 Å². The molecular weight excluding hydrogens is 459 g/mol. The third-order valence-electron chi connectivity index (χ3n) is 5.65. The second-order valence-electron chi connectivity index (χ2n) is 7.71. The lowest BCUT2D eigenvalue weighted by Gasteiger charge is -2.28. The first-order chi connectivity index (χ1) is 15.8. The number of hydrogen-bond donors (Lipinski definition) is 1. The third kappa shape index (κ3) is 4.11. The van der Waals surface area contributed by atoms with Crippen LogP contribution in [0.1, 0.15) is 42.7 Å². The van der Waals surface area contributed by atoms with Crippen molar-refractivity contribution in [2.45, 2.75) is 32.3 Å². The number of thiophene rings is 1. The van der Waals surface area contributed by atoms with E-state index in [2.05, 4.69) is 15.3 Å². The number of hydrogen-bond acceptors (Lipinski definition) is 6. The second-order valence-corrected chi connectivity index (χ2v) is 8.67. The number of anilines is 1. The molecule has 3 aromatic rings. The molecule has 5 heterocycles. The molecule has 172 valence electrons. The van der Waals surface area contributed by atoms with Crippen molar-refractivity contribution < 1.29 is 27.5 Å². The molecule has 0 bridgehead atoms. The van der Waals surface area contributed by atoms with Crippen LogP contribution in [0.25, 0.3) is 0 Å². The first-order valence-corrected chi connectivity index (χ1v) is 11.0. The first kappa shape index (κ1) is 21.6. The molecule has 0 fully saturated rings. The van der Waals surface area contributed by atoms with Crippen LogP contribution in [0.4, 0.5) is 18.9 Å². The van der Waals surface area contributed by atoms with Gasteiger partial charge in [0.15, 0.2) is 0 Å². The summed E-state index contributed by atoms with van der Waals surface area (Å²) in [4.78, 5) is 36.3. The average molecular weight is 477 g/mol.